The summed E-state index contributed by atoms with van der Waals surface area (Å²) >= 11 is 5.75. The molecule has 0 saturated heterocycles. The van der Waals surface area contributed by atoms with Gasteiger partial charge in [-0.1, -0.05) is 18.2 Å². The number of esters is 1. The molecule has 1 rings (SSSR count). The Balaban J connectivity index is 2.56. The quantitative estimate of drug-likeness (QED) is 0.658. The largest absolute Gasteiger partial charge is 0.468 e. The fourth-order valence-corrected chi connectivity index (χ4v) is 1.63. The van der Waals surface area contributed by atoms with Crippen molar-refractivity contribution < 1.29 is 9.53 Å². The number of methoxy groups -OCH3 is 1. The van der Waals surface area contributed by atoms with Gasteiger partial charge in [-0.2, -0.15) is 0 Å². The van der Waals surface area contributed by atoms with Crippen LogP contribution in [0, 0.1) is 0 Å². The van der Waals surface area contributed by atoms with Crippen molar-refractivity contribution in [2.24, 2.45) is 0 Å². The van der Waals surface area contributed by atoms with E-state index < -0.39 is 0 Å². The van der Waals surface area contributed by atoms with E-state index in [1.165, 1.54) is 7.11 Å². The number of rotatable bonds is 5. The number of carbonyl (C=O) groups excluding carboxylic acids is 1. The van der Waals surface area contributed by atoms with Crippen LogP contribution in [0.15, 0.2) is 11.6 Å². The molecule has 80 valence electrons. The summed E-state index contributed by atoms with van der Waals surface area (Å²) in [5.74, 6) is -0.213. The Morgan fingerprint density at radius 3 is 2.64 bits per heavy atom. The van der Waals surface area contributed by atoms with E-state index in [2.05, 4.69) is 6.58 Å². The minimum absolute atomic E-state index is 0.213. The van der Waals surface area contributed by atoms with Gasteiger partial charge in [-0.25, -0.2) is 0 Å². The van der Waals surface area contributed by atoms with Crippen molar-refractivity contribution >= 4 is 17.6 Å². The van der Waals surface area contributed by atoms with Crippen LogP contribution in [0.4, 0.5) is 0 Å². The summed E-state index contributed by atoms with van der Waals surface area (Å²) in [5.41, 5.74) is 0. The third-order valence-corrected chi connectivity index (χ3v) is 2.53. The first-order valence-corrected chi connectivity index (χ1v) is 5.11. The molecule has 1 saturated carbocycles. The van der Waals surface area contributed by atoms with Crippen LogP contribution in [0.3, 0.4) is 0 Å². The fraction of sp³-hybridized carbons (Fsp3) is 0.700. The van der Waals surface area contributed by atoms with Crippen molar-refractivity contribution in [3.8, 4) is 0 Å². The molecule has 1 fully saturated rings. The zero-order valence-electron chi connectivity index (χ0n) is 8.62. The molecule has 0 radical (unpaired) electrons. The molecule has 0 bridgehead atoms. The van der Waals surface area contributed by atoms with Crippen molar-refractivity contribution in [3.63, 3.8) is 0 Å². The Bertz CT molecular complexity index is 238. The van der Waals surface area contributed by atoms with Crippen LogP contribution in [0.5, 0.6) is 0 Å². The molecule has 0 aromatic heterocycles. The summed E-state index contributed by atoms with van der Waals surface area (Å²) in [5, 5.41) is 0.563. The van der Waals surface area contributed by atoms with Gasteiger partial charge in [0.1, 0.15) is 6.04 Å². The molecule has 0 spiro atoms. The monoisotopic (exact) mass is 217 g/mol. The molecular formula is C10H16ClNO2. The highest BCUT2D eigenvalue weighted by molar-refractivity contribution is 6.29. The Kier molecular flexibility index (Phi) is 3.96. The van der Waals surface area contributed by atoms with Crippen LogP contribution in [-0.4, -0.2) is 36.6 Å². The smallest absolute Gasteiger partial charge is 0.322 e. The van der Waals surface area contributed by atoms with E-state index in [9.17, 15) is 4.79 Å². The first-order valence-electron chi connectivity index (χ1n) is 4.73. The average Bonchev–Trinajstić information content (AvgIpc) is 2.94. The highest BCUT2D eigenvalue weighted by atomic mass is 35.5. The van der Waals surface area contributed by atoms with E-state index in [1.54, 1.807) is 0 Å². The third-order valence-electron chi connectivity index (χ3n) is 2.41. The van der Waals surface area contributed by atoms with E-state index in [4.69, 9.17) is 16.3 Å². The molecule has 0 heterocycles. The van der Waals surface area contributed by atoms with E-state index >= 15 is 0 Å². The van der Waals surface area contributed by atoms with Crippen LogP contribution >= 0.6 is 11.6 Å². The predicted octanol–water partition coefficient (Wildman–Crippen LogP) is 1.76. The molecule has 4 heteroatoms. The lowest BCUT2D eigenvalue weighted by molar-refractivity contribution is -0.146. The second-order valence-electron chi connectivity index (χ2n) is 3.62. The van der Waals surface area contributed by atoms with Gasteiger partial charge < -0.3 is 4.74 Å². The SMILES string of the molecule is C=C(Cl)CN(C1CC1)[C@@H](C)C(=O)OC. The molecule has 0 unspecified atom stereocenters. The predicted molar refractivity (Wildman–Crippen MR) is 56.2 cm³/mol. The zero-order chi connectivity index (χ0) is 10.7. The standard InChI is InChI=1S/C10H16ClNO2/c1-7(11)6-12(9-4-5-9)8(2)10(13)14-3/h8-9H,1,4-6H2,2-3H3/t8-/m0/s1. The van der Waals surface area contributed by atoms with Gasteiger partial charge in [0.15, 0.2) is 0 Å². The lowest BCUT2D eigenvalue weighted by Gasteiger charge is -2.26. The molecule has 0 aromatic rings. The number of nitrogens with zero attached hydrogens (tertiary/aromatic N) is 1. The summed E-state index contributed by atoms with van der Waals surface area (Å²) in [4.78, 5) is 13.4. The summed E-state index contributed by atoms with van der Waals surface area (Å²) in [7, 11) is 1.40. The van der Waals surface area contributed by atoms with E-state index in [1.807, 2.05) is 11.8 Å². The fourth-order valence-electron chi connectivity index (χ4n) is 1.49. The minimum Gasteiger partial charge on any atom is -0.468 e. The van der Waals surface area contributed by atoms with Crippen LogP contribution in [0.1, 0.15) is 19.8 Å². The minimum atomic E-state index is -0.233. The Morgan fingerprint density at radius 2 is 2.29 bits per heavy atom. The van der Waals surface area contributed by atoms with E-state index in [0.717, 1.165) is 12.8 Å². The van der Waals surface area contributed by atoms with Crippen LogP contribution in [0.25, 0.3) is 0 Å². The van der Waals surface area contributed by atoms with E-state index in [0.29, 0.717) is 17.6 Å². The first-order chi connectivity index (χ1) is 6.56. The van der Waals surface area contributed by atoms with Crippen molar-refractivity contribution in [2.45, 2.75) is 31.8 Å². The van der Waals surface area contributed by atoms with Gasteiger partial charge in [0.05, 0.1) is 7.11 Å². The normalized spacial score (nSPS) is 18.0. The Labute approximate surface area is 89.7 Å². The summed E-state index contributed by atoms with van der Waals surface area (Å²) in [6.45, 7) is 6.04. The second-order valence-corrected chi connectivity index (χ2v) is 4.15. The third kappa shape index (κ3) is 3.00. The average molecular weight is 218 g/mol. The molecule has 0 amide bonds. The number of carbonyl (C=O) groups is 1. The maximum Gasteiger partial charge on any atom is 0.322 e. The molecule has 0 N–H and O–H groups in total. The van der Waals surface area contributed by atoms with Gasteiger partial charge in [-0.05, 0) is 19.8 Å². The van der Waals surface area contributed by atoms with Gasteiger partial charge in [0, 0.05) is 17.6 Å². The van der Waals surface area contributed by atoms with Crippen molar-refractivity contribution in [3.05, 3.63) is 11.6 Å². The van der Waals surface area contributed by atoms with Crippen LogP contribution in [0.2, 0.25) is 0 Å². The first kappa shape index (κ1) is 11.5. The zero-order valence-corrected chi connectivity index (χ0v) is 9.38. The van der Waals surface area contributed by atoms with Gasteiger partial charge in [-0.3, -0.25) is 9.69 Å². The Morgan fingerprint density at radius 1 is 1.71 bits per heavy atom. The van der Waals surface area contributed by atoms with Gasteiger partial charge in [-0.15, -0.1) is 0 Å². The topological polar surface area (TPSA) is 29.5 Å². The number of ether oxygens (including phenoxy) is 1. The molecule has 0 aromatic carbocycles. The van der Waals surface area contributed by atoms with Crippen molar-refractivity contribution in [1.82, 2.24) is 4.90 Å². The van der Waals surface area contributed by atoms with Crippen molar-refractivity contribution in [1.29, 1.82) is 0 Å². The molecule has 3 nitrogen and oxygen atoms in total. The summed E-state index contributed by atoms with van der Waals surface area (Å²) < 4.78 is 4.70. The Hall–Kier alpha value is -0.540. The maximum atomic E-state index is 11.3. The molecule has 1 aliphatic carbocycles. The van der Waals surface area contributed by atoms with Crippen LogP contribution < -0.4 is 0 Å². The molecular weight excluding hydrogens is 202 g/mol. The van der Waals surface area contributed by atoms with Gasteiger partial charge >= 0.3 is 5.97 Å². The van der Waals surface area contributed by atoms with Crippen LogP contribution in [-0.2, 0) is 9.53 Å². The molecule has 0 aliphatic heterocycles. The lowest BCUT2D eigenvalue weighted by Crippen LogP contribution is -2.41. The summed E-state index contributed by atoms with van der Waals surface area (Å²) in [6.07, 6.45) is 2.26. The number of hydrogen-bond donors (Lipinski definition) is 0. The molecule has 1 atom stereocenters. The lowest BCUT2D eigenvalue weighted by atomic mass is 10.2. The second kappa shape index (κ2) is 4.80. The van der Waals surface area contributed by atoms with E-state index in [-0.39, 0.29) is 12.0 Å². The molecule has 1 aliphatic rings. The highest BCUT2D eigenvalue weighted by Gasteiger charge is 2.35. The number of hydrogen-bond acceptors (Lipinski definition) is 3. The van der Waals surface area contributed by atoms with Gasteiger partial charge in [0.25, 0.3) is 0 Å². The number of halogens is 1. The molecule has 14 heavy (non-hydrogen) atoms. The van der Waals surface area contributed by atoms with Gasteiger partial charge in [0.2, 0.25) is 0 Å². The summed E-state index contributed by atoms with van der Waals surface area (Å²) in [6, 6.07) is 0.239. The maximum absolute atomic E-state index is 11.3. The van der Waals surface area contributed by atoms with Crippen molar-refractivity contribution in [2.75, 3.05) is 13.7 Å². The highest BCUT2D eigenvalue weighted by Crippen LogP contribution is 2.29.